The molecule has 25 heavy (non-hydrogen) atoms. The van der Waals surface area contributed by atoms with Gasteiger partial charge in [0.1, 0.15) is 13.2 Å². The average molecular weight is 349 g/mol. The molecule has 1 fully saturated rings. The Morgan fingerprint density at radius 3 is 2.84 bits per heavy atom. The van der Waals surface area contributed by atoms with Crippen molar-refractivity contribution < 1.29 is 24.2 Å². The van der Waals surface area contributed by atoms with Crippen LogP contribution in [-0.4, -0.2) is 67.4 Å². The second-order valence-corrected chi connectivity index (χ2v) is 5.99. The van der Waals surface area contributed by atoms with Crippen molar-refractivity contribution in [3.8, 4) is 11.5 Å². The highest BCUT2D eigenvalue weighted by Gasteiger charge is 2.33. The smallest absolute Gasteiger partial charge is 0.317 e. The van der Waals surface area contributed by atoms with E-state index in [4.69, 9.17) is 14.6 Å². The first kappa shape index (κ1) is 17.3. The topological polar surface area (TPSA) is 91.3 Å². The molecule has 8 heteroatoms. The molecule has 136 valence electrons. The summed E-state index contributed by atoms with van der Waals surface area (Å²) in [6.07, 6.45) is 0.247. The number of ether oxygens (including phenoxy) is 2. The van der Waals surface area contributed by atoms with Crippen molar-refractivity contribution in [1.29, 1.82) is 0 Å². The molecule has 1 saturated heterocycles. The Balaban J connectivity index is 1.65. The fourth-order valence-corrected chi connectivity index (χ4v) is 3.04. The van der Waals surface area contributed by atoms with Gasteiger partial charge in [-0.25, -0.2) is 4.79 Å². The third kappa shape index (κ3) is 3.79. The van der Waals surface area contributed by atoms with Crippen LogP contribution in [0.1, 0.15) is 13.3 Å². The number of aliphatic hydroxyl groups excluding tert-OH is 1. The van der Waals surface area contributed by atoms with E-state index >= 15 is 0 Å². The standard InChI is InChI=1S/C17H23N3O5/c1-2-19(5-6-21)17(23)18-12-9-16(22)20(11-12)13-3-4-14-15(10-13)25-8-7-24-14/h3-4,10,12,21H,2,5-9,11H2,1H3,(H,18,23)/t12-/m1/s1. The predicted molar refractivity (Wildman–Crippen MR) is 91.1 cm³/mol. The summed E-state index contributed by atoms with van der Waals surface area (Å²) in [5, 5.41) is 11.9. The van der Waals surface area contributed by atoms with Gasteiger partial charge in [0.25, 0.3) is 0 Å². The van der Waals surface area contributed by atoms with Crippen molar-refractivity contribution in [3.63, 3.8) is 0 Å². The number of benzene rings is 1. The highest BCUT2D eigenvalue weighted by molar-refractivity contribution is 5.97. The van der Waals surface area contributed by atoms with E-state index in [0.29, 0.717) is 37.8 Å². The number of hydrogen-bond donors (Lipinski definition) is 2. The summed E-state index contributed by atoms with van der Waals surface area (Å²) >= 11 is 0. The Bertz CT molecular complexity index is 651. The molecule has 2 aliphatic rings. The molecule has 1 aromatic rings. The van der Waals surface area contributed by atoms with Gasteiger partial charge in [0.05, 0.1) is 12.6 Å². The van der Waals surface area contributed by atoms with Gasteiger partial charge in [-0.15, -0.1) is 0 Å². The maximum Gasteiger partial charge on any atom is 0.317 e. The van der Waals surface area contributed by atoms with E-state index in [1.165, 1.54) is 4.90 Å². The number of rotatable bonds is 5. The third-order valence-electron chi connectivity index (χ3n) is 4.33. The first-order valence-corrected chi connectivity index (χ1v) is 8.48. The summed E-state index contributed by atoms with van der Waals surface area (Å²) in [5.41, 5.74) is 0.730. The van der Waals surface area contributed by atoms with Crippen LogP contribution in [0.3, 0.4) is 0 Å². The van der Waals surface area contributed by atoms with Gasteiger partial charge in [-0.2, -0.15) is 0 Å². The molecular weight excluding hydrogens is 326 g/mol. The number of nitrogens with one attached hydrogen (secondary N) is 1. The van der Waals surface area contributed by atoms with Gasteiger partial charge in [-0.05, 0) is 19.1 Å². The summed E-state index contributed by atoms with van der Waals surface area (Å²) in [6.45, 7) is 3.94. The zero-order valence-corrected chi connectivity index (χ0v) is 14.2. The Morgan fingerprint density at radius 1 is 1.36 bits per heavy atom. The van der Waals surface area contributed by atoms with Gasteiger partial charge < -0.3 is 29.7 Å². The van der Waals surface area contributed by atoms with E-state index in [9.17, 15) is 9.59 Å². The summed E-state index contributed by atoms with van der Waals surface area (Å²) < 4.78 is 11.1. The highest BCUT2D eigenvalue weighted by Crippen LogP contribution is 2.35. The lowest BCUT2D eigenvalue weighted by Crippen LogP contribution is -2.46. The number of aliphatic hydroxyl groups is 1. The van der Waals surface area contributed by atoms with Crippen molar-refractivity contribution in [2.75, 3.05) is 44.4 Å². The van der Waals surface area contributed by atoms with Crippen LogP contribution in [-0.2, 0) is 4.79 Å². The maximum atomic E-state index is 12.3. The van der Waals surface area contributed by atoms with Crippen molar-refractivity contribution in [1.82, 2.24) is 10.2 Å². The average Bonchev–Trinajstić information content (AvgIpc) is 2.99. The van der Waals surface area contributed by atoms with Crippen LogP contribution >= 0.6 is 0 Å². The molecule has 3 rings (SSSR count). The second kappa shape index (κ2) is 7.60. The monoisotopic (exact) mass is 349 g/mol. The molecule has 0 bridgehead atoms. The summed E-state index contributed by atoms with van der Waals surface area (Å²) in [4.78, 5) is 27.7. The van der Waals surface area contributed by atoms with Gasteiger partial charge in [0, 0.05) is 37.8 Å². The SMILES string of the molecule is CCN(CCO)C(=O)N[C@@H]1CC(=O)N(c2ccc3c(c2)OCCO3)C1. The molecule has 0 aromatic heterocycles. The normalized spacial score (nSPS) is 19.0. The first-order chi connectivity index (χ1) is 12.1. The largest absolute Gasteiger partial charge is 0.486 e. The van der Waals surface area contributed by atoms with Crippen molar-refractivity contribution in [3.05, 3.63) is 18.2 Å². The van der Waals surface area contributed by atoms with Crippen molar-refractivity contribution in [2.24, 2.45) is 0 Å². The summed E-state index contributed by atoms with van der Waals surface area (Å²) in [7, 11) is 0. The number of likely N-dealkylation sites (N-methyl/N-ethyl adjacent to an activating group) is 1. The fraction of sp³-hybridized carbons (Fsp3) is 0.529. The quantitative estimate of drug-likeness (QED) is 0.812. The first-order valence-electron chi connectivity index (χ1n) is 8.48. The Labute approximate surface area is 146 Å². The molecule has 2 aliphatic heterocycles. The van der Waals surface area contributed by atoms with Crippen molar-refractivity contribution >= 4 is 17.6 Å². The van der Waals surface area contributed by atoms with Crippen LogP contribution in [0.2, 0.25) is 0 Å². The van der Waals surface area contributed by atoms with E-state index in [2.05, 4.69) is 5.32 Å². The highest BCUT2D eigenvalue weighted by atomic mass is 16.6. The number of urea groups is 1. The molecule has 1 atom stereocenters. The molecule has 3 amide bonds. The van der Waals surface area contributed by atoms with E-state index < -0.39 is 0 Å². The number of nitrogens with zero attached hydrogens (tertiary/aromatic N) is 2. The molecular formula is C17H23N3O5. The molecule has 2 N–H and O–H groups in total. The van der Waals surface area contributed by atoms with Gasteiger partial charge in [0.2, 0.25) is 5.91 Å². The van der Waals surface area contributed by atoms with E-state index in [0.717, 1.165) is 5.69 Å². The van der Waals surface area contributed by atoms with Crippen LogP contribution < -0.4 is 19.7 Å². The second-order valence-electron chi connectivity index (χ2n) is 5.99. The van der Waals surface area contributed by atoms with E-state index in [1.807, 2.05) is 13.0 Å². The number of amides is 3. The van der Waals surface area contributed by atoms with Gasteiger partial charge in [0.15, 0.2) is 11.5 Å². The van der Waals surface area contributed by atoms with Crippen LogP contribution in [0.4, 0.5) is 10.5 Å². The summed E-state index contributed by atoms with van der Waals surface area (Å²) in [5.74, 6) is 1.26. The minimum absolute atomic E-state index is 0.0489. The zero-order chi connectivity index (χ0) is 17.8. The molecule has 8 nitrogen and oxygen atoms in total. The summed E-state index contributed by atoms with van der Waals surface area (Å²) in [6, 6.07) is 4.88. The van der Waals surface area contributed by atoms with Crippen LogP contribution in [0, 0.1) is 0 Å². The molecule has 0 spiro atoms. The minimum Gasteiger partial charge on any atom is -0.486 e. The molecule has 2 heterocycles. The van der Waals surface area contributed by atoms with Crippen LogP contribution in [0.15, 0.2) is 18.2 Å². The fourth-order valence-electron chi connectivity index (χ4n) is 3.04. The number of hydrogen-bond acceptors (Lipinski definition) is 5. The van der Waals surface area contributed by atoms with Crippen LogP contribution in [0.25, 0.3) is 0 Å². The molecule has 1 aromatic carbocycles. The van der Waals surface area contributed by atoms with Gasteiger partial charge in [-0.1, -0.05) is 0 Å². The molecule has 0 saturated carbocycles. The number of fused-ring (bicyclic) bond motifs is 1. The lowest BCUT2D eigenvalue weighted by Gasteiger charge is -2.24. The lowest BCUT2D eigenvalue weighted by atomic mass is 10.2. The molecule has 0 aliphatic carbocycles. The number of anilines is 1. The van der Waals surface area contributed by atoms with Crippen LogP contribution in [0.5, 0.6) is 11.5 Å². The Morgan fingerprint density at radius 2 is 2.12 bits per heavy atom. The lowest BCUT2D eigenvalue weighted by molar-refractivity contribution is -0.117. The van der Waals surface area contributed by atoms with Gasteiger partial charge >= 0.3 is 6.03 Å². The number of carbonyl (C=O) groups excluding carboxylic acids is 2. The minimum atomic E-state index is -0.265. The maximum absolute atomic E-state index is 12.3. The molecule has 0 unspecified atom stereocenters. The van der Waals surface area contributed by atoms with E-state index in [1.54, 1.807) is 17.0 Å². The molecule has 0 radical (unpaired) electrons. The third-order valence-corrected chi connectivity index (χ3v) is 4.33. The number of carbonyl (C=O) groups is 2. The van der Waals surface area contributed by atoms with Crippen molar-refractivity contribution in [2.45, 2.75) is 19.4 Å². The van der Waals surface area contributed by atoms with E-state index in [-0.39, 0.29) is 37.6 Å². The van der Waals surface area contributed by atoms with Gasteiger partial charge in [-0.3, -0.25) is 4.79 Å². The Kier molecular flexibility index (Phi) is 5.28. The Hall–Kier alpha value is -2.48. The predicted octanol–water partition coefficient (Wildman–Crippen LogP) is 0.587. The zero-order valence-electron chi connectivity index (χ0n) is 14.2.